The number of nitrogens with zero attached hydrogens (tertiary/aromatic N) is 2. The zero-order valence-electron chi connectivity index (χ0n) is 34.0. The maximum absolute atomic E-state index is 2.39. The van der Waals surface area contributed by atoms with Gasteiger partial charge in [0.2, 0.25) is 0 Å². The molecule has 0 fully saturated rings. The van der Waals surface area contributed by atoms with E-state index in [0.29, 0.717) is 0 Å². The second-order valence-electron chi connectivity index (χ2n) is 16.1. The van der Waals surface area contributed by atoms with Crippen molar-refractivity contribution in [2.24, 2.45) is 0 Å². The fourth-order valence-corrected chi connectivity index (χ4v) is 9.58. The molecule has 0 N–H and O–H groups in total. The second kappa shape index (κ2) is 14.8. The van der Waals surface area contributed by atoms with Crippen molar-refractivity contribution in [3.63, 3.8) is 0 Å². The molecule has 0 saturated carbocycles. The van der Waals surface area contributed by atoms with Gasteiger partial charge in [-0.1, -0.05) is 176 Å². The molecular formula is C60H40N2. The summed E-state index contributed by atoms with van der Waals surface area (Å²) in [6, 6.07) is 88.4. The van der Waals surface area contributed by atoms with E-state index in [1.54, 1.807) is 0 Å². The van der Waals surface area contributed by atoms with Crippen molar-refractivity contribution in [1.29, 1.82) is 0 Å². The summed E-state index contributed by atoms with van der Waals surface area (Å²) in [4.78, 5) is 0. The van der Waals surface area contributed by atoms with Crippen LogP contribution in [-0.4, -0.2) is 9.13 Å². The third-order valence-electron chi connectivity index (χ3n) is 12.6. The van der Waals surface area contributed by atoms with Crippen LogP contribution >= 0.6 is 0 Å². The van der Waals surface area contributed by atoms with Crippen molar-refractivity contribution in [3.05, 3.63) is 243 Å². The SMILES string of the molecule is c1ccc(-c2cccc(-c3cccc(-c4ccc(-c5ccc(-n6c7ccccc7c7ccccc76)cc5)cc4-c4ccc(-n5c6ccccc6c6ccccc65)cc4)c3)c2)cc1. The molecule has 12 rings (SSSR count). The summed E-state index contributed by atoms with van der Waals surface area (Å²) in [5.74, 6) is 0. The van der Waals surface area contributed by atoms with Gasteiger partial charge in [0.05, 0.1) is 22.1 Å². The molecule has 2 heteroatoms. The third-order valence-corrected chi connectivity index (χ3v) is 12.6. The lowest BCUT2D eigenvalue weighted by atomic mass is 9.89. The predicted molar refractivity (Wildman–Crippen MR) is 262 cm³/mol. The molecule has 12 aromatic rings. The lowest BCUT2D eigenvalue weighted by molar-refractivity contribution is 1.18. The van der Waals surface area contributed by atoms with Crippen molar-refractivity contribution in [2.45, 2.75) is 0 Å². The lowest BCUT2D eigenvalue weighted by Crippen LogP contribution is -1.95. The summed E-state index contributed by atoms with van der Waals surface area (Å²) in [6.45, 7) is 0. The van der Waals surface area contributed by atoms with Gasteiger partial charge in [-0.05, 0) is 122 Å². The quantitative estimate of drug-likeness (QED) is 0.152. The molecule has 2 nitrogen and oxygen atoms in total. The van der Waals surface area contributed by atoms with Gasteiger partial charge < -0.3 is 9.13 Å². The number of para-hydroxylation sites is 4. The van der Waals surface area contributed by atoms with Gasteiger partial charge in [-0.15, -0.1) is 0 Å². The van der Waals surface area contributed by atoms with Crippen molar-refractivity contribution in [2.75, 3.05) is 0 Å². The number of benzene rings is 10. The Labute approximate surface area is 360 Å². The zero-order valence-corrected chi connectivity index (χ0v) is 34.0. The summed E-state index contributed by atoms with van der Waals surface area (Å²) in [5, 5.41) is 5.06. The summed E-state index contributed by atoms with van der Waals surface area (Å²) in [5.41, 5.74) is 19.1. The smallest absolute Gasteiger partial charge is 0.0541 e. The fraction of sp³-hybridized carbons (Fsp3) is 0. The van der Waals surface area contributed by atoms with E-state index in [2.05, 4.69) is 252 Å². The Hall–Kier alpha value is -8.20. The van der Waals surface area contributed by atoms with E-state index >= 15 is 0 Å². The number of hydrogen-bond acceptors (Lipinski definition) is 0. The third kappa shape index (κ3) is 6.04. The standard InChI is InChI=1S/C60H40N2/c1-2-14-41(15-3-1)44-16-12-17-45(38-44)46-18-13-19-48(39-46)51-37-32-47(42-28-33-49(34-29-42)61-57-24-8-4-20-52(57)53-21-5-9-25-58(53)61)40-56(51)43-30-35-50(36-31-43)62-59-26-10-6-22-54(59)55-23-7-11-27-60(55)62/h1-40H. The Balaban J connectivity index is 0.974. The first kappa shape index (κ1) is 35.7. The van der Waals surface area contributed by atoms with E-state index in [9.17, 15) is 0 Å². The van der Waals surface area contributed by atoms with Gasteiger partial charge in [0.25, 0.3) is 0 Å². The molecule has 290 valence electrons. The highest BCUT2D eigenvalue weighted by atomic mass is 15.0. The van der Waals surface area contributed by atoms with Crippen molar-refractivity contribution < 1.29 is 0 Å². The minimum atomic E-state index is 1.14. The molecule has 62 heavy (non-hydrogen) atoms. The molecule has 0 unspecified atom stereocenters. The molecule has 0 spiro atoms. The predicted octanol–water partition coefficient (Wildman–Crippen LogP) is 16.2. The van der Waals surface area contributed by atoms with Gasteiger partial charge in [0.1, 0.15) is 0 Å². The summed E-state index contributed by atoms with van der Waals surface area (Å²) in [7, 11) is 0. The van der Waals surface area contributed by atoms with Crippen molar-refractivity contribution in [3.8, 4) is 67.0 Å². The lowest BCUT2D eigenvalue weighted by Gasteiger charge is -2.16. The molecule has 10 aromatic carbocycles. The highest BCUT2D eigenvalue weighted by Gasteiger charge is 2.16. The van der Waals surface area contributed by atoms with E-state index in [-0.39, 0.29) is 0 Å². The highest BCUT2D eigenvalue weighted by Crippen LogP contribution is 2.40. The van der Waals surface area contributed by atoms with E-state index in [1.165, 1.54) is 99.2 Å². The number of hydrogen-bond donors (Lipinski definition) is 0. The maximum Gasteiger partial charge on any atom is 0.0541 e. The van der Waals surface area contributed by atoms with Crippen LogP contribution in [-0.2, 0) is 0 Å². The first-order valence-corrected chi connectivity index (χ1v) is 21.3. The minimum Gasteiger partial charge on any atom is -0.309 e. The maximum atomic E-state index is 2.39. The molecule has 2 aromatic heterocycles. The molecule has 0 aliphatic carbocycles. The fourth-order valence-electron chi connectivity index (χ4n) is 9.58. The summed E-state index contributed by atoms with van der Waals surface area (Å²) >= 11 is 0. The summed E-state index contributed by atoms with van der Waals surface area (Å²) in [6.07, 6.45) is 0. The molecule has 0 saturated heterocycles. The summed E-state index contributed by atoms with van der Waals surface area (Å²) < 4.78 is 4.77. The van der Waals surface area contributed by atoms with Crippen LogP contribution in [0.5, 0.6) is 0 Å². The normalized spacial score (nSPS) is 11.5. The van der Waals surface area contributed by atoms with Crippen molar-refractivity contribution >= 4 is 43.6 Å². The van der Waals surface area contributed by atoms with Crippen LogP contribution in [0.25, 0.3) is 111 Å². The minimum absolute atomic E-state index is 1.14. The molecular weight excluding hydrogens is 749 g/mol. The van der Waals surface area contributed by atoms with Crippen LogP contribution in [0.3, 0.4) is 0 Å². The van der Waals surface area contributed by atoms with Gasteiger partial charge in [0, 0.05) is 32.9 Å². The highest BCUT2D eigenvalue weighted by molar-refractivity contribution is 6.10. The molecule has 0 aliphatic rings. The Bertz CT molecular complexity index is 3500. The van der Waals surface area contributed by atoms with E-state index < -0.39 is 0 Å². The average molecular weight is 789 g/mol. The van der Waals surface area contributed by atoms with Crippen LogP contribution in [0.15, 0.2) is 243 Å². The Kier molecular flexibility index (Phi) is 8.53. The van der Waals surface area contributed by atoms with Crippen LogP contribution in [0.2, 0.25) is 0 Å². The second-order valence-corrected chi connectivity index (χ2v) is 16.1. The first-order chi connectivity index (χ1) is 30.7. The molecule has 2 heterocycles. The number of aromatic nitrogens is 2. The van der Waals surface area contributed by atoms with Gasteiger partial charge in [-0.2, -0.15) is 0 Å². The Morgan fingerprint density at radius 3 is 1.03 bits per heavy atom. The topological polar surface area (TPSA) is 9.86 Å². The first-order valence-electron chi connectivity index (χ1n) is 21.3. The van der Waals surface area contributed by atoms with E-state index in [4.69, 9.17) is 0 Å². The van der Waals surface area contributed by atoms with Gasteiger partial charge >= 0.3 is 0 Å². The van der Waals surface area contributed by atoms with Crippen LogP contribution < -0.4 is 0 Å². The van der Waals surface area contributed by atoms with Gasteiger partial charge in [-0.25, -0.2) is 0 Å². The molecule has 0 radical (unpaired) electrons. The molecule has 0 atom stereocenters. The number of rotatable bonds is 7. The largest absolute Gasteiger partial charge is 0.309 e. The zero-order chi connectivity index (χ0) is 41.0. The molecule has 0 aliphatic heterocycles. The van der Waals surface area contributed by atoms with Crippen LogP contribution in [0, 0.1) is 0 Å². The van der Waals surface area contributed by atoms with Crippen LogP contribution in [0.4, 0.5) is 0 Å². The number of fused-ring (bicyclic) bond motifs is 6. The average Bonchev–Trinajstić information content (AvgIpc) is 3.87. The van der Waals surface area contributed by atoms with Gasteiger partial charge in [0.15, 0.2) is 0 Å². The van der Waals surface area contributed by atoms with E-state index in [0.717, 1.165) is 11.4 Å². The molecule has 0 amide bonds. The Morgan fingerprint density at radius 2 is 0.532 bits per heavy atom. The van der Waals surface area contributed by atoms with Crippen LogP contribution in [0.1, 0.15) is 0 Å². The Morgan fingerprint density at radius 1 is 0.194 bits per heavy atom. The van der Waals surface area contributed by atoms with Crippen molar-refractivity contribution in [1.82, 2.24) is 9.13 Å². The van der Waals surface area contributed by atoms with Gasteiger partial charge in [-0.3, -0.25) is 0 Å². The van der Waals surface area contributed by atoms with E-state index in [1.807, 2.05) is 0 Å². The molecule has 0 bridgehead atoms. The monoisotopic (exact) mass is 788 g/mol.